The summed E-state index contributed by atoms with van der Waals surface area (Å²) in [7, 11) is 0. The quantitative estimate of drug-likeness (QED) is 0.567. The second-order valence-corrected chi connectivity index (χ2v) is 6.23. The number of benzene rings is 1. The first-order valence-electron chi connectivity index (χ1n) is 6.83. The Morgan fingerprint density at radius 2 is 2.27 bits per heavy atom. The number of thioether (sulfide) groups is 1. The average Bonchev–Trinajstić information content (AvgIpc) is 2.94. The molecule has 0 amide bonds. The molecule has 2 aromatic rings. The largest absolute Gasteiger partial charge is 0.477 e. The Hall–Kier alpha value is -2.09. The number of nitrogens with zero attached hydrogens (tertiary/aromatic N) is 3. The molecule has 2 rings (SSSR count). The van der Waals surface area contributed by atoms with E-state index in [-0.39, 0.29) is 23.3 Å². The molecule has 0 saturated heterocycles. The second-order valence-electron chi connectivity index (χ2n) is 4.61. The van der Waals surface area contributed by atoms with Gasteiger partial charge in [-0.25, -0.2) is 0 Å². The van der Waals surface area contributed by atoms with Gasteiger partial charge >= 0.3 is 5.69 Å². The lowest BCUT2D eigenvalue weighted by Gasteiger charge is -2.05. The molecule has 1 heterocycles. The summed E-state index contributed by atoms with van der Waals surface area (Å²) in [5, 5.41) is 15.1. The smallest absolute Gasteiger partial charge is 0.313 e. The van der Waals surface area contributed by atoms with Crippen LogP contribution in [0.25, 0.3) is 0 Å². The van der Waals surface area contributed by atoms with Crippen LogP contribution in [0.1, 0.15) is 36.4 Å². The van der Waals surface area contributed by atoms with Crippen LogP contribution < -0.4 is 4.74 Å². The zero-order chi connectivity index (χ0) is 16.1. The Morgan fingerprint density at radius 1 is 1.50 bits per heavy atom. The second kappa shape index (κ2) is 7.26. The zero-order valence-corrected chi connectivity index (χ0v) is 13.4. The van der Waals surface area contributed by atoms with Crippen LogP contribution in [0.15, 0.2) is 22.7 Å². The van der Waals surface area contributed by atoms with Crippen molar-refractivity contribution < 1.29 is 14.2 Å². The topological polar surface area (TPSA) is 91.3 Å². The van der Waals surface area contributed by atoms with Crippen molar-refractivity contribution in [2.45, 2.75) is 32.6 Å². The molecular formula is C14H17N3O4S. The Labute approximate surface area is 132 Å². The van der Waals surface area contributed by atoms with Gasteiger partial charge in [-0.2, -0.15) is 16.7 Å². The van der Waals surface area contributed by atoms with Crippen LogP contribution in [0.5, 0.6) is 5.75 Å². The Morgan fingerprint density at radius 3 is 2.95 bits per heavy atom. The molecule has 1 unspecified atom stereocenters. The van der Waals surface area contributed by atoms with Crippen LogP contribution in [-0.4, -0.2) is 20.8 Å². The third kappa shape index (κ3) is 3.76. The van der Waals surface area contributed by atoms with Crippen LogP contribution in [0, 0.1) is 17.0 Å². The maximum Gasteiger partial charge on any atom is 0.313 e. The third-order valence-electron chi connectivity index (χ3n) is 3.00. The molecule has 7 nitrogen and oxygen atoms in total. The number of ether oxygens (including phenoxy) is 1. The van der Waals surface area contributed by atoms with Gasteiger partial charge in [-0.1, -0.05) is 24.2 Å². The molecule has 118 valence electrons. The van der Waals surface area contributed by atoms with E-state index in [4.69, 9.17) is 9.26 Å². The minimum Gasteiger partial charge on any atom is -0.477 e. The highest BCUT2D eigenvalue weighted by molar-refractivity contribution is 7.99. The van der Waals surface area contributed by atoms with E-state index in [2.05, 4.69) is 17.1 Å². The lowest BCUT2D eigenvalue weighted by atomic mass is 10.2. The molecule has 0 aliphatic heterocycles. The monoisotopic (exact) mass is 323 g/mol. The third-order valence-corrected chi connectivity index (χ3v) is 4.04. The molecule has 0 aliphatic rings. The molecule has 0 N–H and O–H groups in total. The summed E-state index contributed by atoms with van der Waals surface area (Å²) in [5.41, 5.74) is 0.499. The van der Waals surface area contributed by atoms with Gasteiger partial charge in [-0.15, -0.1) is 0 Å². The maximum absolute atomic E-state index is 11.1. The molecule has 1 aromatic carbocycles. The standard InChI is InChI=1S/C14H17N3O4S/c1-4-22-10(3)14-15-12(21-16-14)8-20-11-7-5-6-9(2)13(11)17(18)19/h5-7,10H,4,8H2,1-3H3. The summed E-state index contributed by atoms with van der Waals surface area (Å²) in [4.78, 5) is 14.9. The van der Waals surface area contributed by atoms with Gasteiger partial charge in [0, 0.05) is 5.56 Å². The van der Waals surface area contributed by atoms with Crippen molar-refractivity contribution in [3.05, 3.63) is 45.6 Å². The number of aromatic nitrogens is 2. The van der Waals surface area contributed by atoms with Gasteiger partial charge in [0.25, 0.3) is 5.89 Å². The molecule has 0 saturated carbocycles. The normalized spacial score (nSPS) is 12.1. The number of nitro groups is 1. The fourth-order valence-electron chi connectivity index (χ4n) is 1.94. The Bertz CT molecular complexity index is 659. The first-order valence-corrected chi connectivity index (χ1v) is 7.88. The van der Waals surface area contributed by atoms with Crippen molar-refractivity contribution >= 4 is 17.4 Å². The Kier molecular flexibility index (Phi) is 5.37. The van der Waals surface area contributed by atoms with Crippen molar-refractivity contribution in [1.82, 2.24) is 10.1 Å². The molecule has 0 bridgehead atoms. The van der Waals surface area contributed by atoms with E-state index >= 15 is 0 Å². The maximum atomic E-state index is 11.1. The summed E-state index contributed by atoms with van der Waals surface area (Å²) < 4.78 is 10.6. The van der Waals surface area contributed by atoms with Crippen molar-refractivity contribution in [3.8, 4) is 5.75 Å². The minimum atomic E-state index is -0.454. The highest BCUT2D eigenvalue weighted by Crippen LogP contribution is 2.31. The fraction of sp³-hybridized carbons (Fsp3) is 0.429. The van der Waals surface area contributed by atoms with E-state index in [1.54, 1.807) is 36.9 Å². The van der Waals surface area contributed by atoms with E-state index < -0.39 is 4.92 Å². The lowest BCUT2D eigenvalue weighted by molar-refractivity contribution is -0.386. The number of hydrogen-bond donors (Lipinski definition) is 0. The Balaban J connectivity index is 2.08. The van der Waals surface area contributed by atoms with E-state index in [0.717, 1.165) is 5.75 Å². The highest BCUT2D eigenvalue weighted by atomic mass is 32.2. The minimum absolute atomic E-state index is 0.000799. The number of nitro benzene ring substituents is 1. The molecule has 0 radical (unpaired) electrons. The summed E-state index contributed by atoms with van der Waals surface area (Å²) in [6, 6.07) is 4.92. The number of para-hydroxylation sites is 1. The van der Waals surface area contributed by atoms with Gasteiger partial charge < -0.3 is 9.26 Å². The van der Waals surface area contributed by atoms with E-state index in [9.17, 15) is 10.1 Å². The summed E-state index contributed by atoms with van der Waals surface area (Å²) in [5.74, 6) is 2.05. The van der Waals surface area contributed by atoms with E-state index in [1.807, 2.05) is 6.92 Å². The SMILES string of the molecule is CCSC(C)c1noc(COc2cccc(C)c2[N+](=O)[O-])n1. The van der Waals surface area contributed by atoms with Crippen molar-refractivity contribution in [2.75, 3.05) is 5.75 Å². The van der Waals surface area contributed by atoms with Crippen LogP contribution in [0.3, 0.4) is 0 Å². The first kappa shape index (κ1) is 16.3. The summed E-state index contributed by atoms with van der Waals surface area (Å²) in [6.07, 6.45) is 0. The highest BCUT2D eigenvalue weighted by Gasteiger charge is 2.19. The summed E-state index contributed by atoms with van der Waals surface area (Å²) in [6.45, 7) is 5.72. The molecule has 1 aromatic heterocycles. The predicted molar refractivity (Wildman–Crippen MR) is 83.0 cm³/mol. The van der Waals surface area contributed by atoms with Gasteiger partial charge in [0.05, 0.1) is 10.2 Å². The molecule has 0 fully saturated rings. The van der Waals surface area contributed by atoms with Gasteiger partial charge in [-0.05, 0) is 25.7 Å². The van der Waals surface area contributed by atoms with Gasteiger partial charge in [-0.3, -0.25) is 10.1 Å². The molecule has 8 heteroatoms. The molecule has 0 aliphatic carbocycles. The molecule has 22 heavy (non-hydrogen) atoms. The lowest BCUT2D eigenvalue weighted by Crippen LogP contribution is -2.01. The number of aryl methyl sites for hydroxylation is 1. The van der Waals surface area contributed by atoms with Gasteiger partial charge in [0.1, 0.15) is 0 Å². The number of rotatable bonds is 7. The van der Waals surface area contributed by atoms with Crippen molar-refractivity contribution in [2.24, 2.45) is 0 Å². The van der Waals surface area contributed by atoms with E-state index in [1.165, 1.54) is 0 Å². The molecule has 0 spiro atoms. The van der Waals surface area contributed by atoms with E-state index in [0.29, 0.717) is 17.3 Å². The predicted octanol–water partition coefficient (Wildman–Crippen LogP) is 3.68. The van der Waals surface area contributed by atoms with Crippen LogP contribution in [-0.2, 0) is 6.61 Å². The van der Waals surface area contributed by atoms with Crippen molar-refractivity contribution in [3.63, 3.8) is 0 Å². The van der Waals surface area contributed by atoms with Crippen LogP contribution >= 0.6 is 11.8 Å². The zero-order valence-electron chi connectivity index (χ0n) is 12.6. The van der Waals surface area contributed by atoms with Gasteiger partial charge in [0.2, 0.25) is 0 Å². The first-order chi connectivity index (χ1) is 10.5. The van der Waals surface area contributed by atoms with Gasteiger partial charge in [0.15, 0.2) is 18.2 Å². The fourth-order valence-corrected chi connectivity index (χ4v) is 2.68. The van der Waals surface area contributed by atoms with Crippen molar-refractivity contribution in [1.29, 1.82) is 0 Å². The average molecular weight is 323 g/mol. The number of hydrogen-bond acceptors (Lipinski definition) is 7. The van der Waals surface area contributed by atoms with Crippen LogP contribution in [0.4, 0.5) is 5.69 Å². The summed E-state index contributed by atoms with van der Waals surface area (Å²) >= 11 is 1.71. The molecular weight excluding hydrogens is 306 g/mol. The van der Waals surface area contributed by atoms with Crippen LogP contribution in [0.2, 0.25) is 0 Å². The molecule has 1 atom stereocenters.